The molecule has 0 heterocycles. The lowest BCUT2D eigenvalue weighted by Gasteiger charge is -2.49. The Hall–Kier alpha value is -1.09. The van der Waals surface area contributed by atoms with Gasteiger partial charge in [-0.1, -0.05) is 169 Å². The molecule has 228 valence electrons. The van der Waals surface area contributed by atoms with Gasteiger partial charge in [0.2, 0.25) is 0 Å². The zero-order chi connectivity index (χ0) is 29.4. The van der Waals surface area contributed by atoms with Crippen LogP contribution >= 0.6 is 0 Å². The van der Waals surface area contributed by atoms with Crippen LogP contribution in [-0.4, -0.2) is 23.8 Å². The van der Waals surface area contributed by atoms with Crippen molar-refractivity contribution < 1.29 is 14.6 Å². The summed E-state index contributed by atoms with van der Waals surface area (Å²) in [7, 11) is 0. The first kappa shape index (κ1) is 35.9. The SMILES string of the molecule is CCCCCCCCCCCCCCCCCCOC(=O)CCC1=CC(C)(C(C)(C)C)C(O)C(C(C)(C)C)=C1. The third-order valence-corrected chi connectivity index (χ3v) is 9.05. The summed E-state index contributed by atoms with van der Waals surface area (Å²) in [5, 5.41) is 11.3. The lowest BCUT2D eigenvalue weighted by Crippen LogP contribution is -2.46. The fourth-order valence-corrected chi connectivity index (χ4v) is 5.66. The van der Waals surface area contributed by atoms with Gasteiger partial charge in [0.1, 0.15) is 0 Å². The standard InChI is InChI=1S/C36H66O3/c1-9-10-11-12-13-14-15-16-17-18-19-20-21-22-23-24-27-39-32(37)26-25-30-28-31(34(2,3)4)33(38)36(8,29-30)35(5,6)7/h28-29,33,38H,9-27H2,1-8H3. The quantitative estimate of drug-likeness (QED) is 0.122. The zero-order valence-corrected chi connectivity index (χ0v) is 27.4. The van der Waals surface area contributed by atoms with Crippen LogP contribution in [0.25, 0.3) is 0 Å². The first-order valence-corrected chi connectivity index (χ1v) is 16.6. The summed E-state index contributed by atoms with van der Waals surface area (Å²) >= 11 is 0. The number of carbonyl (C=O) groups is 1. The van der Waals surface area contributed by atoms with Crippen LogP contribution in [0.2, 0.25) is 0 Å². The van der Waals surface area contributed by atoms with Crippen molar-refractivity contribution in [2.75, 3.05) is 6.61 Å². The molecule has 2 atom stereocenters. The van der Waals surface area contributed by atoms with Gasteiger partial charge in [-0.25, -0.2) is 0 Å². The second kappa shape index (κ2) is 18.4. The van der Waals surface area contributed by atoms with Gasteiger partial charge >= 0.3 is 5.97 Å². The smallest absolute Gasteiger partial charge is 0.306 e. The number of carbonyl (C=O) groups excluding carboxylic acids is 1. The maximum absolute atomic E-state index is 12.4. The van der Waals surface area contributed by atoms with Crippen molar-refractivity contribution in [1.82, 2.24) is 0 Å². The van der Waals surface area contributed by atoms with E-state index in [2.05, 4.69) is 67.5 Å². The van der Waals surface area contributed by atoms with E-state index in [-0.39, 0.29) is 22.2 Å². The molecule has 2 unspecified atom stereocenters. The van der Waals surface area contributed by atoms with Gasteiger partial charge in [-0.3, -0.25) is 4.79 Å². The Kier molecular flexibility index (Phi) is 16.9. The molecule has 0 saturated heterocycles. The highest BCUT2D eigenvalue weighted by Gasteiger charge is 2.47. The molecule has 1 N–H and O–H groups in total. The number of hydrogen-bond acceptors (Lipinski definition) is 3. The number of aliphatic hydroxyl groups excluding tert-OH is 1. The van der Waals surface area contributed by atoms with Crippen molar-refractivity contribution in [3.05, 3.63) is 23.3 Å². The number of ether oxygens (including phenoxy) is 1. The van der Waals surface area contributed by atoms with Crippen LogP contribution in [0.5, 0.6) is 0 Å². The van der Waals surface area contributed by atoms with Crippen LogP contribution in [0, 0.1) is 16.2 Å². The van der Waals surface area contributed by atoms with Crippen LogP contribution < -0.4 is 0 Å². The van der Waals surface area contributed by atoms with E-state index < -0.39 is 6.10 Å². The topological polar surface area (TPSA) is 46.5 Å². The Morgan fingerprint density at radius 2 is 1.23 bits per heavy atom. The van der Waals surface area contributed by atoms with Crippen LogP contribution in [0.1, 0.15) is 171 Å². The van der Waals surface area contributed by atoms with Crippen LogP contribution in [0.4, 0.5) is 0 Å². The molecule has 0 spiro atoms. The molecular formula is C36H66O3. The Morgan fingerprint density at radius 1 is 0.795 bits per heavy atom. The molecule has 3 nitrogen and oxygen atoms in total. The molecule has 0 bridgehead atoms. The average Bonchev–Trinajstić information content (AvgIpc) is 2.85. The number of aliphatic hydroxyl groups is 1. The van der Waals surface area contributed by atoms with E-state index in [0.717, 1.165) is 24.0 Å². The van der Waals surface area contributed by atoms with E-state index >= 15 is 0 Å². The van der Waals surface area contributed by atoms with Crippen molar-refractivity contribution in [1.29, 1.82) is 0 Å². The normalized spacial score (nSPS) is 20.1. The van der Waals surface area contributed by atoms with Gasteiger partial charge < -0.3 is 9.84 Å². The van der Waals surface area contributed by atoms with Gasteiger partial charge in [-0.05, 0) is 29.2 Å². The molecule has 0 saturated carbocycles. The summed E-state index contributed by atoms with van der Waals surface area (Å²) in [6.07, 6.45) is 26.4. The summed E-state index contributed by atoms with van der Waals surface area (Å²) in [6, 6.07) is 0. The van der Waals surface area contributed by atoms with Crippen molar-refractivity contribution in [2.24, 2.45) is 16.2 Å². The lowest BCUT2D eigenvalue weighted by molar-refractivity contribution is -0.143. The predicted molar refractivity (Wildman–Crippen MR) is 169 cm³/mol. The molecule has 0 aromatic heterocycles. The highest BCUT2D eigenvalue weighted by Crippen LogP contribution is 2.51. The van der Waals surface area contributed by atoms with Crippen molar-refractivity contribution in [3.63, 3.8) is 0 Å². The van der Waals surface area contributed by atoms with E-state index in [1.54, 1.807) is 0 Å². The molecule has 0 aromatic rings. The molecule has 39 heavy (non-hydrogen) atoms. The second-order valence-corrected chi connectivity index (χ2v) is 14.5. The minimum atomic E-state index is -0.525. The number of esters is 1. The minimum absolute atomic E-state index is 0.101. The Morgan fingerprint density at radius 3 is 1.64 bits per heavy atom. The maximum Gasteiger partial charge on any atom is 0.306 e. The molecule has 0 fully saturated rings. The van der Waals surface area contributed by atoms with E-state index in [9.17, 15) is 9.90 Å². The van der Waals surface area contributed by atoms with E-state index in [1.165, 1.54) is 89.9 Å². The summed E-state index contributed by atoms with van der Waals surface area (Å²) in [5.41, 5.74) is 1.59. The van der Waals surface area contributed by atoms with E-state index in [4.69, 9.17) is 4.74 Å². The lowest BCUT2D eigenvalue weighted by atomic mass is 9.58. The van der Waals surface area contributed by atoms with Crippen LogP contribution in [0.3, 0.4) is 0 Å². The Labute approximate surface area is 243 Å². The van der Waals surface area contributed by atoms with E-state index in [1.807, 2.05) is 0 Å². The summed E-state index contributed by atoms with van der Waals surface area (Å²) in [5.74, 6) is -0.105. The van der Waals surface area contributed by atoms with Crippen molar-refractivity contribution >= 4 is 5.97 Å². The highest BCUT2D eigenvalue weighted by atomic mass is 16.5. The Balaban J connectivity index is 2.16. The number of unbranched alkanes of at least 4 members (excludes halogenated alkanes) is 15. The molecule has 0 aliphatic heterocycles. The fraction of sp³-hybridized carbons (Fsp3) is 0.861. The first-order valence-electron chi connectivity index (χ1n) is 16.6. The monoisotopic (exact) mass is 547 g/mol. The first-order chi connectivity index (χ1) is 18.3. The number of hydrogen-bond donors (Lipinski definition) is 1. The van der Waals surface area contributed by atoms with Gasteiger partial charge in [0.05, 0.1) is 12.7 Å². The second-order valence-electron chi connectivity index (χ2n) is 14.5. The largest absolute Gasteiger partial charge is 0.466 e. The van der Waals surface area contributed by atoms with Crippen LogP contribution in [0.15, 0.2) is 23.3 Å². The third-order valence-electron chi connectivity index (χ3n) is 9.05. The maximum atomic E-state index is 12.4. The Bertz CT molecular complexity index is 733. The minimum Gasteiger partial charge on any atom is -0.466 e. The molecule has 1 aliphatic rings. The van der Waals surface area contributed by atoms with E-state index in [0.29, 0.717) is 19.4 Å². The van der Waals surface area contributed by atoms with Crippen molar-refractivity contribution in [2.45, 2.75) is 177 Å². The molecule has 1 rings (SSSR count). The van der Waals surface area contributed by atoms with Gasteiger partial charge in [0, 0.05) is 11.8 Å². The molecule has 0 aromatic carbocycles. The van der Waals surface area contributed by atoms with Gasteiger partial charge in [0.15, 0.2) is 0 Å². The van der Waals surface area contributed by atoms with Crippen molar-refractivity contribution in [3.8, 4) is 0 Å². The third kappa shape index (κ3) is 13.9. The van der Waals surface area contributed by atoms with Gasteiger partial charge in [0.25, 0.3) is 0 Å². The molecule has 0 radical (unpaired) electrons. The summed E-state index contributed by atoms with van der Waals surface area (Å²) in [4.78, 5) is 12.4. The average molecular weight is 547 g/mol. The van der Waals surface area contributed by atoms with Crippen LogP contribution in [-0.2, 0) is 9.53 Å². The molecular weight excluding hydrogens is 480 g/mol. The van der Waals surface area contributed by atoms with Gasteiger partial charge in [-0.2, -0.15) is 0 Å². The molecule has 0 amide bonds. The fourth-order valence-electron chi connectivity index (χ4n) is 5.66. The summed E-state index contributed by atoms with van der Waals surface area (Å²) in [6.45, 7) is 18.0. The van der Waals surface area contributed by atoms with Gasteiger partial charge in [-0.15, -0.1) is 0 Å². The summed E-state index contributed by atoms with van der Waals surface area (Å²) < 4.78 is 5.55. The molecule has 1 aliphatic carbocycles. The number of rotatable bonds is 20. The molecule has 3 heteroatoms. The number of allylic oxidation sites excluding steroid dienone is 2. The predicted octanol–water partition coefficient (Wildman–Crippen LogP) is 10.9. The highest BCUT2D eigenvalue weighted by molar-refractivity contribution is 5.69. The zero-order valence-electron chi connectivity index (χ0n) is 27.4.